The first kappa shape index (κ1) is 19.8. The summed E-state index contributed by atoms with van der Waals surface area (Å²) in [4.78, 5) is 14.3. The Labute approximate surface area is 176 Å². The molecule has 1 aliphatic rings. The molecule has 0 atom stereocenters. The Hall–Kier alpha value is -2.53. The van der Waals surface area contributed by atoms with Gasteiger partial charge in [-0.15, -0.1) is 0 Å². The fourth-order valence-electron chi connectivity index (χ4n) is 3.20. The number of hydrogen-bond donors (Lipinski definition) is 4. The first-order valence-corrected chi connectivity index (χ1v) is 10.1. The number of nitrogens with zero attached hydrogens (tertiary/aromatic N) is 4. The highest BCUT2D eigenvalue weighted by Gasteiger charge is 2.18. The van der Waals surface area contributed by atoms with Gasteiger partial charge in [-0.2, -0.15) is 4.98 Å². The summed E-state index contributed by atoms with van der Waals surface area (Å²) >= 11 is 3.38. The van der Waals surface area contributed by atoms with Crippen molar-refractivity contribution >= 4 is 44.6 Å². The maximum atomic E-state index is 10.5. The van der Waals surface area contributed by atoms with E-state index in [-0.39, 0.29) is 5.84 Å². The van der Waals surface area contributed by atoms with Gasteiger partial charge in [0.05, 0.1) is 24.4 Å². The number of ether oxygens (including phenoxy) is 1. The standard InChI is InChI=1S/C19H22BrN7O2/c20-13-2-1-3-14(12-13)27(28)17(21)15-4-5-22-18-16(15)24-19(25-18)23-6-7-26-8-10-29-11-9-26/h1-5,12,21,28H,6-11H2,(H2,22,23,24,25). The Morgan fingerprint density at radius 3 is 2.97 bits per heavy atom. The molecule has 4 N–H and O–H groups in total. The van der Waals surface area contributed by atoms with E-state index in [1.54, 1.807) is 30.5 Å². The molecule has 0 bridgehead atoms. The van der Waals surface area contributed by atoms with Crippen molar-refractivity contribution in [1.82, 2.24) is 19.9 Å². The molecule has 4 rings (SSSR count). The van der Waals surface area contributed by atoms with Crippen molar-refractivity contribution in [3.63, 3.8) is 0 Å². The molecule has 3 aromatic rings. The normalized spacial score (nSPS) is 14.8. The molecule has 3 heterocycles. The highest BCUT2D eigenvalue weighted by Crippen LogP contribution is 2.23. The monoisotopic (exact) mass is 459 g/mol. The van der Waals surface area contributed by atoms with Gasteiger partial charge in [0, 0.05) is 42.4 Å². The van der Waals surface area contributed by atoms with E-state index in [0.29, 0.717) is 28.4 Å². The van der Waals surface area contributed by atoms with Crippen LogP contribution < -0.4 is 10.4 Å². The van der Waals surface area contributed by atoms with Crippen LogP contribution in [0.1, 0.15) is 5.56 Å². The lowest BCUT2D eigenvalue weighted by molar-refractivity contribution is 0.0398. The Balaban J connectivity index is 1.49. The van der Waals surface area contributed by atoms with Gasteiger partial charge < -0.3 is 15.0 Å². The van der Waals surface area contributed by atoms with Crippen LogP contribution in [0.3, 0.4) is 0 Å². The number of hydrogen-bond acceptors (Lipinski definition) is 7. The average Bonchev–Trinajstić information content (AvgIpc) is 3.16. The zero-order chi connectivity index (χ0) is 20.2. The molecular weight excluding hydrogens is 438 g/mol. The van der Waals surface area contributed by atoms with E-state index in [9.17, 15) is 5.21 Å². The molecule has 0 spiro atoms. The molecule has 29 heavy (non-hydrogen) atoms. The summed E-state index contributed by atoms with van der Waals surface area (Å²) in [6.45, 7) is 5.05. The number of fused-ring (bicyclic) bond motifs is 1. The number of morpholine rings is 1. The number of H-pyrrole nitrogens is 1. The minimum absolute atomic E-state index is 0.0704. The highest BCUT2D eigenvalue weighted by atomic mass is 79.9. The Kier molecular flexibility index (Phi) is 6.05. The minimum atomic E-state index is -0.0704. The molecule has 1 fully saturated rings. The molecule has 0 aliphatic carbocycles. The van der Waals surface area contributed by atoms with Crippen molar-refractivity contribution in [2.75, 3.05) is 49.8 Å². The summed E-state index contributed by atoms with van der Waals surface area (Å²) in [5, 5.41) is 23.1. The van der Waals surface area contributed by atoms with Crippen molar-refractivity contribution < 1.29 is 9.94 Å². The third-order valence-corrected chi connectivity index (χ3v) is 5.23. The van der Waals surface area contributed by atoms with E-state index >= 15 is 0 Å². The quantitative estimate of drug-likeness (QED) is 0.254. The van der Waals surface area contributed by atoms with Gasteiger partial charge in [-0.25, -0.2) is 10.0 Å². The highest BCUT2D eigenvalue weighted by molar-refractivity contribution is 9.10. The fourth-order valence-corrected chi connectivity index (χ4v) is 3.59. The van der Waals surface area contributed by atoms with E-state index in [0.717, 1.165) is 48.9 Å². The molecule has 9 nitrogen and oxygen atoms in total. The van der Waals surface area contributed by atoms with Gasteiger partial charge in [-0.3, -0.25) is 15.5 Å². The Bertz CT molecular complexity index is 1000. The lowest BCUT2D eigenvalue weighted by atomic mass is 10.2. The summed E-state index contributed by atoms with van der Waals surface area (Å²) in [6.07, 6.45) is 1.58. The van der Waals surface area contributed by atoms with E-state index in [4.69, 9.17) is 10.1 Å². The minimum Gasteiger partial charge on any atom is -0.379 e. The molecular formula is C19H22BrN7O2. The number of aromatic amines is 1. The lowest BCUT2D eigenvalue weighted by Crippen LogP contribution is -2.39. The topological polar surface area (TPSA) is 113 Å². The third kappa shape index (κ3) is 4.56. The number of halogens is 1. The van der Waals surface area contributed by atoms with Crippen molar-refractivity contribution in [2.45, 2.75) is 0 Å². The van der Waals surface area contributed by atoms with E-state index in [1.807, 2.05) is 6.07 Å². The number of nitrogens with one attached hydrogen (secondary N) is 3. The number of imidazole rings is 1. The maximum Gasteiger partial charge on any atom is 0.202 e. The van der Waals surface area contributed by atoms with Gasteiger partial charge in [0.25, 0.3) is 0 Å². The zero-order valence-electron chi connectivity index (χ0n) is 15.7. The summed E-state index contributed by atoms with van der Waals surface area (Å²) in [7, 11) is 0. The smallest absolute Gasteiger partial charge is 0.202 e. The van der Waals surface area contributed by atoms with Gasteiger partial charge in [-0.1, -0.05) is 22.0 Å². The van der Waals surface area contributed by atoms with Crippen molar-refractivity contribution in [3.05, 3.63) is 46.6 Å². The maximum absolute atomic E-state index is 10.5. The molecule has 0 amide bonds. The number of hydroxylamine groups is 1. The summed E-state index contributed by atoms with van der Waals surface area (Å²) < 4.78 is 6.18. The second kappa shape index (κ2) is 8.87. The Morgan fingerprint density at radius 2 is 2.17 bits per heavy atom. The molecule has 0 saturated carbocycles. The summed E-state index contributed by atoms with van der Waals surface area (Å²) in [5.74, 6) is 0.520. The molecule has 1 aliphatic heterocycles. The molecule has 0 unspecified atom stereocenters. The number of benzene rings is 1. The summed E-state index contributed by atoms with van der Waals surface area (Å²) in [5.41, 5.74) is 2.08. The third-order valence-electron chi connectivity index (χ3n) is 4.74. The SMILES string of the molecule is N=C(c1ccnc2nc(NCCN3CCOCC3)[nH]c12)N(O)c1cccc(Br)c1. The molecule has 1 saturated heterocycles. The number of rotatable bonds is 6. The van der Waals surface area contributed by atoms with Crippen LogP contribution in [0.25, 0.3) is 11.2 Å². The van der Waals surface area contributed by atoms with Crippen LogP contribution in [-0.2, 0) is 4.74 Å². The Morgan fingerprint density at radius 1 is 1.34 bits per heavy atom. The fraction of sp³-hybridized carbons (Fsp3) is 0.316. The second-order valence-electron chi connectivity index (χ2n) is 6.66. The zero-order valence-corrected chi connectivity index (χ0v) is 17.3. The van der Waals surface area contributed by atoms with Gasteiger partial charge in [-0.05, 0) is 24.3 Å². The predicted molar refractivity (Wildman–Crippen MR) is 115 cm³/mol. The first-order chi connectivity index (χ1) is 14.1. The molecule has 2 aromatic heterocycles. The summed E-state index contributed by atoms with van der Waals surface area (Å²) in [6, 6.07) is 8.80. The van der Waals surface area contributed by atoms with Gasteiger partial charge in [0.1, 0.15) is 0 Å². The average molecular weight is 460 g/mol. The number of aromatic nitrogens is 3. The van der Waals surface area contributed by atoms with E-state index in [1.165, 1.54) is 0 Å². The predicted octanol–water partition coefficient (Wildman–Crippen LogP) is 2.69. The second-order valence-corrected chi connectivity index (χ2v) is 7.58. The van der Waals surface area contributed by atoms with Gasteiger partial charge >= 0.3 is 0 Å². The number of amidine groups is 1. The van der Waals surface area contributed by atoms with Gasteiger partial charge in [0.2, 0.25) is 5.95 Å². The number of pyridine rings is 1. The van der Waals surface area contributed by atoms with Crippen molar-refractivity contribution in [1.29, 1.82) is 5.41 Å². The molecule has 0 radical (unpaired) electrons. The largest absolute Gasteiger partial charge is 0.379 e. The molecule has 10 heteroatoms. The van der Waals surface area contributed by atoms with Crippen LogP contribution in [0.5, 0.6) is 0 Å². The number of anilines is 2. The van der Waals surface area contributed by atoms with Crippen LogP contribution in [0.4, 0.5) is 11.6 Å². The molecule has 152 valence electrons. The van der Waals surface area contributed by atoms with Crippen LogP contribution in [0.2, 0.25) is 0 Å². The lowest BCUT2D eigenvalue weighted by Gasteiger charge is -2.26. The van der Waals surface area contributed by atoms with Crippen LogP contribution >= 0.6 is 15.9 Å². The van der Waals surface area contributed by atoms with Gasteiger partial charge in [0.15, 0.2) is 11.5 Å². The van der Waals surface area contributed by atoms with E-state index < -0.39 is 0 Å². The van der Waals surface area contributed by atoms with Crippen molar-refractivity contribution in [2.24, 2.45) is 0 Å². The first-order valence-electron chi connectivity index (χ1n) is 9.34. The van der Waals surface area contributed by atoms with Crippen LogP contribution in [0, 0.1) is 5.41 Å². The molecule has 1 aromatic carbocycles. The van der Waals surface area contributed by atoms with Crippen LogP contribution in [-0.4, -0.2) is 70.3 Å². The van der Waals surface area contributed by atoms with Crippen molar-refractivity contribution in [3.8, 4) is 0 Å². The van der Waals surface area contributed by atoms with Crippen LogP contribution in [0.15, 0.2) is 41.0 Å². The van der Waals surface area contributed by atoms with E-state index in [2.05, 4.69) is 41.1 Å².